The van der Waals surface area contributed by atoms with Crippen LogP contribution in [0.1, 0.15) is 20.7 Å². The maximum absolute atomic E-state index is 12.9. The normalized spacial score (nSPS) is 10.5. The Labute approximate surface area is 260 Å². The average molecular weight is 602 g/mol. The van der Waals surface area contributed by atoms with Crippen LogP contribution >= 0.6 is 0 Å². The minimum Gasteiger partial charge on any atom is -0.491 e. The predicted octanol–water partition coefficient (Wildman–Crippen LogP) is 6.55. The van der Waals surface area contributed by atoms with E-state index in [1.165, 1.54) is 6.07 Å². The van der Waals surface area contributed by atoms with Crippen LogP contribution in [0, 0.1) is 10.1 Å². The summed E-state index contributed by atoms with van der Waals surface area (Å²) in [6, 6.07) is 38.4. The lowest BCUT2D eigenvalue weighted by atomic mass is 10.1. The number of amides is 2. The zero-order valence-corrected chi connectivity index (χ0v) is 24.3. The van der Waals surface area contributed by atoms with Crippen LogP contribution in [0.3, 0.4) is 0 Å². The van der Waals surface area contributed by atoms with Crippen molar-refractivity contribution in [3.05, 3.63) is 149 Å². The maximum Gasteiger partial charge on any atom is 0.271 e. The molecule has 0 heterocycles. The first-order chi connectivity index (χ1) is 22.0. The number of hydrogen-bond donors (Lipinski definition) is 2. The van der Waals surface area contributed by atoms with Crippen LogP contribution in [-0.4, -0.2) is 43.0 Å². The van der Waals surface area contributed by atoms with Gasteiger partial charge in [0.05, 0.1) is 18.0 Å². The van der Waals surface area contributed by atoms with E-state index in [1.807, 2.05) is 109 Å². The summed E-state index contributed by atoms with van der Waals surface area (Å²) in [5.74, 6) is 0.210. The van der Waals surface area contributed by atoms with Gasteiger partial charge in [-0.25, -0.2) is 0 Å². The summed E-state index contributed by atoms with van der Waals surface area (Å²) >= 11 is 0. The van der Waals surface area contributed by atoms with Crippen molar-refractivity contribution >= 4 is 17.5 Å². The zero-order valence-electron chi connectivity index (χ0n) is 24.3. The van der Waals surface area contributed by atoms with Crippen molar-refractivity contribution in [1.29, 1.82) is 0 Å². The number of para-hydroxylation sites is 2. The molecule has 0 atom stereocenters. The van der Waals surface area contributed by atoms with Gasteiger partial charge in [0.15, 0.2) is 0 Å². The first-order valence-corrected chi connectivity index (χ1v) is 14.4. The molecule has 0 spiro atoms. The number of non-ortho nitro benzene ring substituents is 1. The Bertz CT molecular complexity index is 1660. The summed E-state index contributed by atoms with van der Waals surface area (Å²) in [6.45, 7) is 0.637. The molecule has 226 valence electrons. The van der Waals surface area contributed by atoms with Crippen LogP contribution < -0.4 is 20.1 Å². The average Bonchev–Trinajstić information content (AvgIpc) is 3.09. The third-order valence-corrected chi connectivity index (χ3v) is 6.89. The molecular weight excluding hydrogens is 570 g/mol. The number of nitrogens with zero attached hydrogens (tertiary/aromatic N) is 1. The number of hydrogen-bond acceptors (Lipinski definition) is 6. The van der Waals surface area contributed by atoms with Gasteiger partial charge in [-0.3, -0.25) is 19.7 Å². The molecule has 0 radical (unpaired) electrons. The monoisotopic (exact) mass is 601 g/mol. The van der Waals surface area contributed by atoms with Gasteiger partial charge in [0, 0.05) is 34.4 Å². The lowest BCUT2D eigenvalue weighted by Gasteiger charge is -2.13. The summed E-state index contributed by atoms with van der Waals surface area (Å²) < 4.78 is 11.8. The quantitative estimate of drug-likeness (QED) is 0.0898. The molecule has 0 saturated carbocycles. The van der Waals surface area contributed by atoms with Crippen LogP contribution in [0.15, 0.2) is 127 Å². The van der Waals surface area contributed by atoms with Gasteiger partial charge in [-0.05, 0) is 29.3 Å². The molecule has 9 nitrogen and oxygen atoms in total. The highest BCUT2D eigenvalue weighted by molar-refractivity contribution is 6.00. The Hall–Kier alpha value is -5.96. The summed E-state index contributed by atoms with van der Waals surface area (Å²) in [4.78, 5) is 36.8. The Morgan fingerprint density at radius 1 is 0.578 bits per heavy atom. The molecule has 0 bridgehead atoms. The van der Waals surface area contributed by atoms with Crippen molar-refractivity contribution < 1.29 is 24.0 Å². The van der Waals surface area contributed by atoms with E-state index in [0.29, 0.717) is 11.5 Å². The van der Waals surface area contributed by atoms with Gasteiger partial charge >= 0.3 is 0 Å². The molecule has 0 fully saturated rings. The molecule has 0 aromatic heterocycles. The Balaban J connectivity index is 1.16. The second-order valence-electron chi connectivity index (χ2n) is 9.96. The largest absolute Gasteiger partial charge is 0.491 e. The van der Waals surface area contributed by atoms with E-state index < -0.39 is 16.7 Å². The van der Waals surface area contributed by atoms with Gasteiger partial charge in [-0.1, -0.05) is 97.1 Å². The van der Waals surface area contributed by atoms with Crippen LogP contribution in [0.4, 0.5) is 5.69 Å². The molecule has 5 rings (SSSR count). The molecule has 5 aromatic rings. The number of nitrogens with one attached hydrogen (secondary N) is 2. The third-order valence-electron chi connectivity index (χ3n) is 6.89. The van der Waals surface area contributed by atoms with Crippen molar-refractivity contribution in [2.75, 3.05) is 26.3 Å². The predicted molar refractivity (Wildman–Crippen MR) is 173 cm³/mol. The van der Waals surface area contributed by atoms with E-state index >= 15 is 0 Å². The number of nitro groups is 1. The number of carbonyl (C=O) groups excluding carboxylic acids is 2. The number of carbonyl (C=O) groups is 2. The SMILES string of the molecule is O=C(NCCOc1ccccc1-c1ccccc1)c1cc(C(=O)NCCOc2ccccc2-c2ccccc2)cc([N+](=O)[O-])c1. The Kier molecular flexibility index (Phi) is 10.1. The second-order valence-corrected chi connectivity index (χ2v) is 9.96. The molecule has 45 heavy (non-hydrogen) atoms. The fourth-order valence-corrected chi connectivity index (χ4v) is 4.73. The standard InChI is InChI=1S/C36H31N3O6/c40-35(37-19-21-44-33-17-9-7-15-31(33)26-11-3-1-4-12-26)28-23-29(25-30(24-28)39(42)43)36(41)38-20-22-45-34-18-10-8-16-32(34)27-13-5-2-6-14-27/h1-18,23-25H,19-22H2,(H,37,40)(H,38,41). The topological polar surface area (TPSA) is 120 Å². The Morgan fingerprint density at radius 2 is 0.978 bits per heavy atom. The highest BCUT2D eigenvalue weighted by Crippen LogP contribution is 2.30. The van der Waals surface area contributed by atoms with E-state index in [-0.39, 0.29) is 43.1 Å². The van der Waals surface area contributed by atoms with E-state index in [1.54, 1.807) is 0 Å². The van der Waals surface area contributed by atoms with Crippen LogP contribution in [-0.2, 0) is 0 Å². The first kappa shape index (κ1) is 30.5. The summed E-state index contributed by atoms with van der Waals surface area (Å²) in [5, 5.41) is 17.0. The Morgan fingerprint density at radius 3 is 1.40 bits per heavy atom. The van der Waals surface area contributed by atoms with Crippen molar-refractivity contribution in [2.24, 2.45) is 0 Å². The zero-order chi connectivity index (χ0) is 31.4. The lowest BCUT2D eigenvalue weighted by molar-refractivity contribution is -0.384. The van der Waals surface area contributed by atoms with E-state index in [2.05, 4.69) is 10.6 Å². The van der Waals surface area contributed by atoms with Crippen molar-refractivity contribution in [1.82, 2.24) is 10.6 Å². The second kappa shape index (κ2) is 15.0. The smallest absolute Gasteiger partial charge is 0.271 e. The molecule has 2 amide bonds. The lowest BCUT2D eigenvalue weighted by Crippen LogP contribution is -2.30. The van der Waals surface area contributed by atoms with Crippen LogP contribution in [0.5, 0.6) is 11.5 Å². The van der Waals surface area contributed by atoms with Gasteiger partial charge in [-0.2, -0.15) is 0 Å². The fourth-order valence-electron chi connectivity index (χ4n) is 4.73. The number of rotatable bonds is 13. The summed E-state index contributed by atoms with van der Waals surface area (Å²) in [7, 11) is 0. The van der Waals surface area contributed by atoms with Gasteiger partial charge < -0.3 is 20.1 Å². The van der Waals surface area contributed by atoms with Gasteiger partial charge in [0.25, 0.3) is 17.5 Å². The third kappa shape index (κ3) is 8.11. The molecule has 2 N–H and O–H groups in total. The fraction of sp³-hybridized carbons (Fsp3) is 0.111. The van der Waals surface area contributed by atoms with Crippen molar-refractivity contribution in [2.45, 2.75) is 0 Å². The molecule has 0 unspecified atom stereocenters. The minimum absolute atomic E-state index is 0.00734. The molecule has 0 saturated heterocycles. The molecule has 9 heteroatoms. The maximum atomic E-state index is 12.9. The molecule has 0 aliphatic heterocycles. The van der Waals surface area contributed by atoms with Crippen molar-refractivity contribution in [3.8, 4) is 33.8 Å². The van der Waals surface area contributed by atoms with Crippen LogP contribution in [0.25, 0.3) is 22.3 Å². The van der Waals surface area contributed by atoms with E-state index in [4.69, 9.17) is 9.47 Å². The van der Waals surface area contributed by atoms with E-state index in [9.17, 15) is 19.7 Å². The van der Waals surface area contributed by atoms with Gasteiger partial charge in [-0.15, -0.1) is 0 Å². The highest BCUT2D eigenvalue weighted by Gasteiger charge is 2.18. The molecule has 0 aliphatic rings. The van der Waals surface area contributed by atoms with Crippen LogP contribution in [0.2, 0.25) is 0 Å². The number of nitro benzene ring substituents is 1. The highest BCUT2D eigenvalue weighted by atomic mass is 16.6. The number of benzene rings is 5. The molecular formula is C36H31N3O6. The van der Waals surface area contributed by atoms with E-state index in [0.717, 1.165) is 34.4 Å². The van der Waals surface area contributed by atoms with Gasteiger partial charge in [0.2, 0.25) is 0 Å². The number of ether oxygens (including phenoxy) is 2. The molecule has 5 aromatic carbocycles. The van der Waals surface area contributed by atoms with Crippen molar-refractivity contribution in [3.63, 3.8) is 0 Å². The molecule has 0 aliphatic carbocycles. The first-order valence-electron chi connectivity index (χ1n) is 14.4. The van der Waals surface area contributed by atoms with Gasteiger partial charge in [0.1, 0.15) is 24.7 Å². The summed E-state index contributed by atoms with van der Waals surface area (Å²) in [6.07, 6.45) is 0. The summed E-state index contributed by atoms with van der Waals surface area (Å²) in [5.41, 5.74) is 3.47. The minimum atomic E-state index is -0.638.